The third-order valence-corrected chi connectivity index (χ3v) is 1.90. The summed E-state index contributed by atoms with van der Waals surface area (Å²) in [6.45, 7) is 0. The topological polar surface area (TPSA) is 46.5 Å². The first-order valence-corrected chi connectivity index (χ1v) is 4.65. The highest BCUT2D eigenvalue weighted by molar-refractivity contribution is 5.80. The van der Waals surface area contributed by atoms with Gasteiger partial charge in [0.2, 0.25) is 0 Å². The summed E-state index contributed by atoms with van der Waals surface area (Å²) in [5, 5.41) is 8.31. The van der Waals surface area contributed by atoms with Crippen LogP contribution in [0.1, 0.15) is 5.56 Å². The lowest BCUT2D eigenvalue weighted by Crippen LogP contribution is -1.92. The van der Waals surface area contributed by atoms with E-state index in [4.69, 9.17) is 5.11 Å². The molecule has 1 aromatic carbocycles. The molecule has 0 aromatic heterocycles. The Labute approximate surface area is 96.6 Å². The first-order valence-electron chi connectivity index (χ1n) is 4.65. The number of hydrogen-bond donors (Lipinski definition) is 1. The molecule has 90 valence electrons. The van der Waals surface area contributed by atoms with Gasteiger partial charge in [-0.15, -0.1) is 0 Å². The highest BCUT2D eigenvalue weighted by Crippen LogP contribution is 2.21. The fourth-order valence-corrected chi connectivity index (χ4v) is 1.13. The second kappa shape index (κ2) is 5.79. The van der Waals surface area contributed by atoms with Gasteiger partial charge in [0.05, 0.1) is 7.11 Å². The van der Waals surface area contributed by atoms with Crippen molar-refractivity contribution in [1.82, 2.24) is 0 Å². The van der Waals surface area contributed by atoms with Gasteiger partial charge in [-0.1, -0.05) is 18.2 Å². The van der Waals surface area contributed by atoms with Crippen molar-refractivity contribution >= 4 is 12.0 Å². The van der Waals surface area contributed by atoms with Gasteiger partial charge in [-0.2, -0.15) is 0 Å². The van der Waals surface area contributed by atoms with Crippen LogP contribution in [0.25, 0.3) is 6.08 Å². The zero-order valence-corrected chi connectivity index (χ0v) is 8.98. The fourth-order valence-electron chi connectivity index (χ4n) is 1.13. The van der Waals surface area contributed by atoms with E-state index in [0.717, 1.165) is 18.2 Å². The minimum Gasteiger partial charge on any atom is -0.494 e. The molecular formula is C12H10F2O3. The summed E-state index contributed by atoms with van der Waals surface area (Å²) in [6.07, 6.45) is 4.66. The van der Waals surface area contributed by atoms with Crippen LogP contribution in [0.15, 0.2) is 30.4 Å². The summed E-state index contributed by atoms with van der Waals surface area (Å²) in [5.74, 6) is -2.63. The number of rotatable bonds is 4. The van der Waals surface area contributed by atoms with E-state index < -0.39 is 17.6 Å². The van der Waals surface area contributed by atoms with E-state index in [9.17, 15) is 13.6 Å². The monoisotopic (exact) mass is 240 g/mol. The van der Waals surface area contributed by atoms with E-state index in [1.165, 1.54) is 25.3 Å². The number of allylic oxidation sites excluding steroid dienone is 2. The lowest BCUT2D eigenvalue weighted by atomic mass is 10.2. The first kappa shape index (κ1) is 12.9. The van der Waals surface area contributed by atoms with Crippen LogP contribution < -0.4 is 4.74 Å². The van der Waals surface area contributed by atoms with Gasteiger partial charge >= 0.3 is 5.97 Å². The molecule has 0 spiro atoms. The summed E-state index contributed by atoms with van der Waals surface area (Å²) in [5.41, 5.74) is 0.0124. The second-order valence-electron chi connectivity index (χ2n) is 3.06. The smallest absolute Gasteiger partial charge is 0.328 e. The zero-order chi connectivity index (χ0) is 12.8. The van der Waals surface area contributed by atoms with E-state index in [-0.39, 0.29) is 11.3 Å². The first-order chi connectivity index (χ1) is 8.04. The van der Waals surface area contributed by atoms with Crippen molar-refractivity contribution in [1.29, 1.82) is 0 Å². The Morgan fingerprint density at radius 2 is 2.00 bits per heavy atom. The molecule has 1 aromatic rings. The number of carbonyl (C=O) groups is 1. The summed E-state index contributed by atoms with van der Waals surface area (Å²) in [6, 6.07) is 1.90. The van der Waals surface area contributed by atoms with Crippen LogP contribution in [-0.4, -0.2) is 18.2 Å². The third kappa shape index (κ3) is 3.71. The molecule has 0 atom stereocenters. The van der Waals surface area contributed by atoms with Gasteiger partial charge in [0.25, 0.3) is 0 Å². The van der Waals surface area contributed by atoms with Gasteiger partial charge in [-0.3, -0.25) is 0 Å². The average molecular weight is 240 g/mol. The number of methoxy groups -OCH3 is 1. The Morgan fingerprint density at radius 1 is 1.29 bits per heavy atom. The fraction of sp³-hybridized carbons (Fsp3) is 0.0833. The lowest BCUT2D eigenvalue weighted by molar-refractivity contribution is -0.131. The Morgan fingerprint density at radius 3 is 2.59 bits per heavy atom. The van der Waals surface area contributed by atoms with E-state index in [2.05, 4.69) is 4.74 Å². The minimum atomic E-state index is -1.11. The van der Waals surface area contributed by atoms with Crippen molar-refractivity contribution in [2.45, 2.75) is 0 Å². The molecule has 0 radical (unpaired) electrons. The Balaban J connectivity index is 2.92. The predicted molar refractivity (Wildman–Crippen MR) is 58.7 cm³/mol. The Bertz CT molecular complexity index is 479. The maximum Gasteiger partial charge on any atom is 0.328 e. The molecule has 17 heavy (non-hydrogen) atoms. The molecule has 0 saturated carbocycles. The molecule has 1 N–H and O–H groups in total. The Hall–Kier alpha value is -2.17. The van der Waals surface area contributed by atoms with Crippen molar-refractivity contribution in [2.75, 3.05) is 7.11 Å². The van der Waals surface area contributed by atoms with E-state index in [1.54, 1.807) is 0 Å². The van der Waals surface area contributed by atoms with Crippen LogP contribution in [0.4, 0.5) is 8.78 Å². The number of carboxylic acids is 1. The van der Waals surface area contributed by atoms with Crippen LogP contribution in [0.3, 0.4) is 0 Å². The molecule has 0 amide bonds. The molecule has 3 nitrogen and oxygen atoms in total. The van der Waals surface area contributed by atoms with E-state index >= 15 is 0 Å². The number of benzene rings is 1. The van der Waals surface area contributed by atoms with Crippen molar-refractivity contribution in [3.05, 3.63) is 47.6 Å². The van der Waals surface area contributed by atoms with Gasteiger partial charge < -0.3 is 9.84 Å². The molecule has 0 aliphatic rings. The highest BCUT2D eigenvalue weighted by atomic mass is 19.1. The van der Waals surface area contributed by atoms with Gasteiger partial charge in [-0.25, -0.2) is 13.6 Å². The molecule has 0 aliphatic carbocycles. The molecule has 0 heterocycles. The number of carboxylic acid groups (broad SMARTS) is 1. The van der Waals surface area contributed by atoms with Gasteiger partial charge in [0.15, 0.2) is 11.6 Å². The lowest BCUT2D eigenvalue weighted by Gasteiger charge is -2.03. The molecular weight excluding hydrogens is 230 g/mol. The highest BCUT2D eigenvalue weighted by Gasteiger charge is 2.07. The normalized spacial score (nSPS) is 11.2. The third-order valence-electron chi connectivity index (χ3n) is 1.90. The van der Waals surface area contributed by atoms with Crippen LogP contribution in [0.2, 0.25) is 0 Å². The maximum atomic E-state index is 13.4. The van der Waals surface area contributed by atoms with Gasteiger partial charge in [-0.05, 0) is 6.07 Å². The molecule has 0 saturated heterocycles. The van der Waals surface area contributed by atoms with Crippen LogP contribution in [0.5, 0.6) is 5.75 Å². The minimum absolute atomic E-state index is 0.0124. The second-order valence-corrected chi connectivity index (χ2v) is 3.06. The molecule has 0 aliphatic heterocycles. The van der Waals surface area contributed by atoms with Crippen molar-refractivity contribution in [3.63, 3.8) is 0 Å². The summed E-state index contributed by atoms with van der Waals surface area (Å²) < 4.78 is 31.2. The number of ether oxygens (including phenoxy) is 1. The predicted octanol–water partition coefficient (Wildman–Crippen LogP) is 2.63. The summed E-state index contributed by atoms with van der Waals surface area (Å²) in [7, 11) is 1.24. The van der Waals surface area contributed by atoms with Crippen molar-refractivity contribution in [2.24, 2.45) is 0 Å². The van der Waals surface area contributed by atoms with Crippen LogP contribution in [-0.2, 0) is 4.79 Å². The van der Waals surface area contributed by atoms with Crippen LogP contribution >= 0.6 is 0 Å². The molecule has 5 heteroatoms. The van der Waals surface area contributed by atoms with E-state index in [0.29, 0.717) is 0 Å². The number of halogens is 2. The molecule has 1 rings (SSSR count). The zero-order valence-electron chi connectivity index (χ0n) is 8.98. The molecule has 0 unspecified atom stereocenters. The largest absolute Gasteiger partial charge is 0.494 e. The number of aliphatic carboxylic acids is 1. The van der Waals surface area contributed by atoms with Gasteiger partial charge in [0.1, 0.15) is 5.82 Å². The van der Waals surface area contributed by atoms with Crippen molar-refractivity contribution < 1.29 is 23.4 Å². The SMILES string of the molecule is COc1cc(F)c(/C=C/C=C/C(=O)O)cc1F. The summed E-state index contributed by atoms with van der Waals surface area (Å²) in [4.78, 5) is 10.1. The van der Waals surface area contributed by atoms with Crippen LogP contribution in [0, 0.1) is 11.6 Å². The van der Waals surface area contributed by atoms with Gasteiger partial charge in [0, 0.05) is 17.7 Å². The Kier molecular flexibility index (Phi) is 4.39. The maximum absolute atomic E-state index is 13.4. The quantitative estimate of drug-likeness (QED) is 0.650. The average Bonchev–Trinajstić information content (AvgIpc) is 2.28. The van der Waals surface area contributed by atoms with Crippen molar-refractivity contribution in [3.8, 4) is 5.75 Å². The molecule has 0 fully saturated rings. The number of hydrogen-bond acceptors (Lipinski definition) is 2. The standard InChI is InChI=1S/C12H10F2O3/c1-17-11-7-9(13)8(6-10(11)14)4-2-3-5-12(15)16/h2-7H,1H3,(H,15,16)/b4-2+,5-3+. The summed E-state index contributed by atoms with van der Waals surface area (Å²) >= 11 is 0. The molecule has 0 bridgehead atoms. The van der Waals surface area contributed by atoms with E-state index in [1.807, 2.05) is 0 Å².